The largest absolute Gasteiger partial charge is 0.467 e. The molecular formula is C11H10FNO4. The summed E-state index contributed by atoms with van der Waals surface area (Å²) < 4.78 is 17.8. The molecule has 0 saturated heterocycles. The third-order valence-electron chi connectivity index (χ3n) is 2.21. The van der Waals surface area contributed by atoms with E-state index in [0.717, 1.165) is 7.11 Å². The molecule has 5 nitrogen and oxygen atoms in total. The molecule has 2 N–H and O–H groups in total. The number of hydrogen-bond acceptors (Lipinski definition) is 5. The molecule has 0 aliphatic heterocycles. The van der Waals surface area contributed by atoms with Crippen molar-refractivity contribution in [1.29, 1.82) is 5.26 Å². The van der Waals surface area contributed by atoms with Gasteiger partial charge in [-0.25, -0.2) is 9.18 Å². The lowest BCUT2D eigenvalue weighted by Crippen LogP contribution is -2.29. The number of hydrogen-bond donors (Lipinski definition) is 2. The van der Waals surface area contributed by atoms with Crippen LogP contribution in [0.4, 0.5) is 4.39 Å². The standard InChI is InChI=1S/C11H10FNO4/c1-17-11(16)10(15)9(14)7-4-2-3-6(5-13)8(7)12/h2-4,9-10,14-15H,1H3. The highest BCUT2D eigenvalue weighted by Crippen LogP contribution is 2.22. The first-order valence-electron chi connectivity index (χ1n) is 4.65. The van der Waals surface area contributed by atoms with Gasteiger partial charge < -0.3 is 14.9 Å². The van der Waals surface area contributed by atoms with Gasteiger partial charge in [0.2, 0.25) is 0 Å². The van der Waals surface area contributed by atoms with Crippen molar-refractivity contribution in [3.8, 4) is 6.07 Å². The van der Waals surface area contributed by atoms with Crippen LogP contribution in [0.1, 0.15) is 17.2 Å². The quantitative estimate of drug-likeness (QED) is 0.738. The van der Waals surface area contributed by atoms with E-state index in [2.05, 4.69) is 4.74 Å². The molecule has 1 aromatic rings. The van der Waals surface area contributed by atoms with Crippen molar-refractivity contribution >= 4 is 5.97 Å². The molecule has 0 radical (unpaired) electrons. The molecule has 0 fully saturated rings. The van der Waals surface area contributed by atoms with Gasteiger partial charge in [0.1, 0.15) is 18.0 Å². The van der Waals surface area contributed by atoms with Crippen molar-refractivity contribution in [2.24, 2.45) is 0 Å². The minimum atomic E-state index is -1.90. The first kappa shape index (κ1) is 13.1. The van der Waals surface area contributed by atoms with Crippen LogP contribution in [0, 0.1) is 17.1 Å². The van der Waals surface area contributed by atoms with E-state index in [0.29, 0.717) is 0 Å². The molecule has 0 aliphatic rings. The number of nitriles is 1. The Hall–Kier alpha value is -1.97. The smallest absolute Gasteiger partial charge is 0.337 e. The molecule has 0 bridgehead atoms. The Labute approximate surface area is 96.7 Å². The zero-order valence-electron chi connectivity index (χ0n) is 8.92. The fourth-order valence-corrected chi connectivity index (χ4v) is 1.28. The zero-order valence-corrected chi connectivity index (χ0v) is 8.92. The van der Waals surface area contributed by atoms with Crippen LogP contribution >= 0.6 is 0 Å². The molecule has 0 aliphatic carbocycles. The number of aliphatic hydroxyl groups excluding tert-OH is 2. The van der Waals surface area contributed by atoms with Gasteiger partial charge in [-0.2, -0.15) is 5.26 Å². The molecule has 6 heteroatoms. The fourth-order valence-electron chi connectivity index (χ4n) is 1.28. The lowest BCUT2D eigenvalue weighted by atomic mass is 10.0. The van der Waals surface area contributed by atoms with Crippen LogP contribution < -0.4 is 0 Å². The molecule has 17 heavy (non-hydrogen) atoms. The van der Waals surface area contributed by atoms with Crippen LogP contribution in [0.3, 0.4) is 0 Å². The average molecular weight is 239 g/mol. The van der Waals surface area contributed by atoms with E-state index >= 15 is 0 Å². The summed E-state index contributed by atoms with van der Waals surface area (Å²) in [7, 11) is 1.03. The van der Waals surface area contributed by atoms with Crippen LogP contribution in [-0.4, -0.2) is 29.4 Å². The van der Waals surface area contributed by atoms with Gasteiger partial charge in [-0.05, 0) is 6.07 Å². The Bertz CT molecular complexity index is 469. The zero-order chi connectivity index (χ0) is 13.0. The summed E-state index contributed by atoms with van der Waals surface area (Å²) in [6.07, 6.45) is -3.68. The Kier molecular flexibility index (Phi) is 4.15. The number of ether oxygens (including phenoxy) is 1. The summed E-state index contributed by atoms with van der Waals surface area (Å²) in [5, 5.41) is 27.5. The van der Waals surface area contributed by atoms with E-state index < -0.39 is 24.0 Å². The lowest BCUT2D eigenvalue weighted by Gasteiger charge is -2.16. The molecule has 2 atom stereocenters. The minimum absolute atomic E-state index is 0.279. The Balaban J connectivity index is 3.09. The fraction of sp³-hybridized carbons (Fsp3) is 0.273. The van der Waals surface area contributed by atoms with Crippen molar-refractivity contribution in [3.05, 3.63) is 35.1 Å². The highest BCUT2D eigenvalue weighted by Gasteiger charge is 2.29. The van der Waals surface area contributed by atoms with Gasteiger partial charge in [0.25, 0.3) is 0 Å². The molecule has 0 aromatic heterocycles. The predicted molar refractivity (Wildman–Crippen MR) is 54.1 cm³/mol. The van der Waals surface area contributed by atoms with E-state index in [1.165, 1.54) is 18.2 Å². The highest BCUT2D eigenvalue weighted by atomic mass is 19.1. The molecule has 0 heterocycles. The number of benzene rings is 1. The van der Waals surface area contributed by atoms with Gasteiger partial charge >= 0.3 is 5.97 Å². The van der Waals surface area contributed by atoms with Gasteiger partial charge in [0.15, 0.2) is 6.10 Å². The van der Waals surface area contributed by atoms with Gasteiger partial charge in [-0.1, -0.05) is 12.1 Å². The maximum absolute atomic E-state index is 13.6. The first-order valence-corrected chi connectivity index (χ1v) is 4.65. The van der Waals surface area contributed by atoms with Gasteiger partial charge in [-0.3, -0.25) is 0 Å². The van der Waals surface area contributed by atoms with Crippen molar-refractivity contribution in [1.82, 2.24) is 0 Å². The summed E-state index contributed by atoms with van der Waals surface area (Å²) in [4.78, 5) is 11.0. The summed E-state index contributed by atoms with van der Waals surface area (Å²) in [6.45, 7) is 0. The second-order valence-corrected chi connectivity index (χ2v) is 3.23. The number of carbonyl (C=O) groups excluding carboxylic acids is 1. The molecule has 90 valence electrons. The number of halogens is 1. The molecule has 1 rings (SSSR count). The summed E-state index contributed by atoms with van der Waals surface area (Å²) in [6, 6.07) is 5.32. The second-order valence-electron chi connectivity index (χ2n) is 3.23. The number of methoxy groups -OCH3 is 1. The van der Waals surface area contributed by atoms with E-state index in [1.54, 1.807) is 6.07 Å². The SMILES string of the molecule is COC(=O)C(O)C(O)c1cccc(C#N)c1F. The van der Waals surface area contributed by atoms with Crippen molar-refractivity contribution in [3.63, 3.8) is 0 Å². The van der Waals surface area contributed by atoms with Crippen molar-refractivity contribution < 1.29 is 24.1 Å². The lowest BCUT2D eigenvalue weighted by molar-refractivity contribution is -0.156. The van der Waals surface area contributed by atoms with Crippen LogP contribution in [0.25, 0.3) is 0 Å². The topological polar surface area (TPSA) is 90.6 Å². The van der Waals surface area contributed by atoms with Crippen LogP contribution in [-0.2, 0) is 9.53 Å². The molecule has 1 aromatic carbocycles. The maximum Gasteiger partial charge on any atom is 0.337 e. The van der Waals surface area contributed by atoms with Crippen molar-refractivity contribution in [2.45, 2.75) is 12.2 Å². The Morgan fingerprint density at radius 2 is 2.18 bits per heavy atom. The number of esters is 1. The molecular weight excluding hydrogens is 229 g/mol. The van der Waals surface area contributed by atoms with Crippen molar-refractivity contribution in [2.75, 3.05) is 7.11 Å². The van der Waals surface area contributed by atoms with Crippen LogP contribution in [0.15, 0.2) is 18.2 Å². The minimum Gasteiger partial charge on any atom is -0.467 e. The van der Waals surface area contributed by atoms with Gasteiger partial charge in [0.05, 0.1) is 12.7 Å². The van der Waals surface area contributed by atoms with E-state index in [9.17, 15) is 19.4 Å². The number of aliphatic hydroxyl groups is 2. The number of carbonyl (C=O) groups is 1. The monoisotopic (exact) mass is 239 g/mol. The molecule has 0 spiro atoms. The average Bonchev–Trinajstić information content (AvgIpc) is 2.36. The Morgan fingerprint density at radius 3 is 2.71 bits per heavy atom. The van der Waals surface area contributed by atoms with E-state index in [-0.39, 0.29) is 11.1 Å². The molecule has 0 saturated carbocycles. The Morgan fingerprint density at radius 1 is 1.53 bits per heavy atom. The predicted octanol–water partition coefficient (Wildman–Crippen LogP) is 0.265. The molecule has 2 unspecified atom stereocenters. The van der Waals surface area contributed by atoms with Gasteiger partial charge in [-0.15, -0.1) is 0 Å². The van der Waals surface area contributed by atoms with Crippen LogP contribution in [0.5, 0.6) is 0 Å². The number of rotatable bonds is 3. The first-order chi connectivity index (χ1) is 8.02. The number of nitrogens with zero attached hydrogens (tertiary/aromatic N) is 1. The normalized spacial score (nSPS) is 13.6. The van der Waals surface area contributed by atoms with E-state index in [4.69, 9.17) is 5.26 Å². The summed E-state index contributed by atoms with van der Waals surface area (Å²) in [5.41, 5.74) is -0.611. The summed E-state index contributed by atoms with van der Waals surface area (Å²) in [5.74, 6) is -2.05. The van der Waals surface area contributed by atoms with Crippen LogP contribution in [0.2, 0.25) is 0 Å². The summed E-state index contributed by atoms with van der Waals surface area (Å²) >= 11 is 0. The van der Waals surface area contributed by atoms with E-state index in [1.807, 2.05) is 0 Å². The third-order valence-corrected chi connectivity index (χ3v) is 2.21. The third kappa shape index (κ3) is 2.58. The van der Waals surface area contributed by atoms with Gasteiger partial charge in [0, 0.05) is 5.56 Å². The molecule has 0 amide bonds. The maximum atomic E-state index is 13.6. The second kappa shape index (κ2) is 5.39. The highest BCUT2D eigenvalue weighted by molar-refractivity contribution is 5.75.